The average molecular weight is 264 g/mol. The second-order valence-corrected chi connectivity index (χ2v) is 3.43. The molecule has 1 aromatic rings. The van der Waals surface area contributed by atoms with Gasteiger partial charge >= 0.3 is 0 Å². The molecule has 1 aromatic carbocycles. The number of aldehydes is 1. The lowest BCUT2D eigenvalue weighted by Gasteiger charge is -1.99. The molecule has 0 fully saturated rings. The van der Waals surface area contributed by atoms with Crippen LogP contribution in [0.5, 0.6) is 0 Å². The Kier molecular flexibility index (Phi) is 3.00. The molecular weight excluding hydrogens is 261 g/mol. The minimum atomic E-state index is -0.653. The van der Waals surface area contributed by atoms with Crippen LogP contribution in [0.1, 0.15) is 10.4 Å². The first-order valence-corrected chi connectivity index (χ1v) is 4.32. The van der Waals surface area contributed by atoms with E-state index in [0.29, 0.717) is 6.29 Å². The number of rotatable bonds is 2. The summed E-state index contributed by atoms with van der Waals surface area (Å²) in [4.78, 5) is 20.4. The highest BCUT2D eigenvalue weighted by Gasteiger charge is 2.20. The lowest BCUT2D eigenvalue weighted by atomic mass is 10.2. The highest BCUT2D eigenvalue weighted by atomic mass is 79.9. The van der Waals surface area contributed by atoms with Crippen molar-refractivity contribution < 1.29 is 9.72 Å². The van der Waals surface area contributed by atoms with Crippen LogP contribution in [0.15, 0.2) is 16.6 Å². The number of hydrogen-bond acceptors (Lipinski definition) is 3. The molecule has 0 spiro atoms. The molecule has 0 aliphatic rings. The maximum atomic E-state index is 10.5. The number of hydrogen-bond donors (Lipinski definition) is 0. The molecular formula is C7H3BrClNO3. The smallest absolute Gasteiger partial charge is 0.295 e. The molecule has 0 saturated carbocycles. The van der Waals surface area contributed by atoms with E-state index in [2.05, 4.69) is 15.9 Å². The quantitative estimate of drug-likeness (QED) is 0.469. The first-order chi connectivity index (χ1) is 6.07. The zero-order valence-corrected chi connectivity index (χ0v) is 8.50. The number of carbonyl (C=O) groups excluding carboxylic acids is 1. The molecule has 0 atom stereocenters. The Morgan fingerprint density at radius 2 is 2.15 bits per heavy atom. The summed E-state index contributed by atoms with van der Waals surface area (Å²) in [6.45, 7) is 0. The zero-order chi connectivity index (χ0) is 10.0. The molecule has 0 saturated heterocycles. The van der Waals surface area contributed by atoms with Gasteiger partial charge in [-0.15, -0.1) is 0 Å². The monoisotopic (exact) mass is 263 g/mol. The van der Waals surface area contributed by atoms with E-state index in [4.69, 9.17) is 11.6 Å². The Labute approximate surface area is 86.8 Å². The number of halogens is 2. The van der Waals surface area contributed by atoms with Gasteiger partial charge in [-0.25, -0.2) is 0 Å². The largest absolute Gasteiger partial charge is 0.298 e. The molecule has 4 nitrogen and oxygen atoms in total. The van der Waals surface area contributed by atoms with Crippen molar-refractivity contribution in [1.29, 1.82) is 0 Å². The van der Waals surface area contributed by atoms with Crippen LogP contribution < -0.4 is 0 Å². The van der Waals surface area contributed by atoms with Crippen LogP contribution in [0.3, 0.4) is 0 Å². The molecule has 0 bridgehead atoms. The van der Waals surface area contributed by atoms with Gasteiger partial charge in [-0.05, 0) is 28.1 Å². The first-order valence-electron chi connectivity index (χ1n) is 3.15. The number of benzene rings is 1. The Bertz CT molecular complexity index is 380. The van der Waals surface area contributed by atoms with Gasteiger partial charge in [0.05, 0.1) is 14.4 Å². The van der Waals surface area contributed by atoms with Crippen molar-refractivity contribution >= 4 is 39.5 Å². The van der Waals surface area contributed by atoms with E-state index >= 15 is 0 Å². The van der Waals surface area contributed by atoms with Gasteiger partial charge < -0.3 is 0 Å². The number of nitrogens with zero attached hydrogens (tertiary/aromatic N) is 1. The van der Waals surface area contributed by atoms with Crippen molar-refractivity contribution in [3.05, 3.63) is 37.3 Å². The molecule has 0 heterocycles. The van der Waals surface area contributed by atoms with Crippen molar-refractivity contribution in [2.45, 2.75) is 0 Å². The van der Waals surface area contributed by atoms with Crippen LogP contribution in [0.25, 0.3) is 0 Å². The van der Waals surface area contributed by atoms with Gasteiger partial charge in [0, 0.05) is 0 Å². The zero-order valence-electron chi connectivity index (χ0n) is 6.16. The van der Waals surface area contributed by atoms with Crippen LogP contribution in [-0.4, -0.2) is 11.2 Å². The van der Waals surface area contributed by atoms with Gasteiger partial charge in [0.2, 0.25) is 0 Å². The van der Waals surface area contributed by atoms with E-state index in [0.717, 1.165) is 0 Å². The van der Waals surface area contributed by atoms with E-state index < -0.39 is 4.92 Å². The summed E-state index contributed by atoms with van der Waals surface area (Å²) in [6, 6.07) is 2.84. The van der Waals surface area contributed by atoms with Crippen LogP contribution in [0, 0.1) is 10.1 Å². The van der Waals surface area contributed by atoms with E-state index in [1.807, 2.05) is 0 Å². The Morgan fingerprint density at radius 3 is 2.54 bits per heavy atom. The highest BCUT2D eigenvalue weighted by molar-refractivity contribution is 9.10. The summed E-state index contributed by atoms with van der Waals surface area (Å²) < 4.78 is 0.240. The molecule has 1 rings (SSSR count). The molecule has 0 amide bonds. The van der Waals surface area contributed by atoms with E-state index in [1.54, 1.807) is 0 Å². The van der Waals surface area contributed by atoms with Gasteiger partial charge in [0.25, 0.3) is 5.69 Å². The SMILES string of the molecule is O=Cc1c(Cl)ccc(Br)c1[N+](=O)[O-]. The lowest BCUT2D eigenvalue weighted by molar-refractivity contribution is -0.385. The average Bonchev–Trinajstić information content (AvgIpc) is 2.07. The third-order valence-corrected chi connectivity index (χ3v) is 2.38. The number of nitro benzene ring substituents is 1. The second-order valence-electron chi connectivity index (χ2n) is 2.17. The summed E-state index contributed by atoms with van der Waals surface area (Å²) in [7, 11) is 0. The standard InChI is InChI=1S/C7H3BrClNO3/c8-5-1-2-6(9)4(3-11)7(5)10(12)13/h1-3H. The molecule has 0 aliphatic heterocycles. The van der Waals surface area contributed by atoms with Crippen molar-refractivity contribution in [3.63, 3.8) is 0 Å². The third kappa shape index (κ3) is 1.87. The third-order valence-electron chi connectivity index (χ3n) is 1.42. The molecule has 0 aliphatic carbocycles. The molecule has 13 heavy (non-hydrogen) atoms. The van der Waals surface area contributed by atoms with Crippen molar-refractivity contribution in [3.8, 4) is 0 Å². The van der Waals surface area contributed by atoms with E-state index in [9.17, 15) is 14.9 Å². The summed E-state index contributed by atoms with van der Waals surface area (Å²) >= 11 is 8.55. The highest BCUT2D eigenvalue weighted by Crippen LogP contribution is 2.32. The van der Waals surface area contributed by atoms with Gasteiger partial charge in [-0.3, -0.25) is 14.9 Å². The van der Waals surface area contributed by atoms with Crippen molar-refractivity contribution in [1.82, 2.24) is 0 Å². The molecule has 0 radical (unpaired) electrons. The summed E-state index contributed by atoms with van der Waals surface area (Å²) in [5.41, 5.74) is -0.413. The molecule has 0 aromatic heterocycles. The maximum Gasteiger partial charge on any atom is 0.295 e. The minimum absolute atomic E-state index is 0.0740. The van der Waals surface area contributed by atoms with Gasteiger partial charge in [-0.2, -0.15) is 0 Å². The first kappa shape index (κ1) is 10.1. The van der Waals surface area contributed by atoms with Gasteiger partial charge in [-0.1, -0.05) is 11.6 Å². The molecule has 0 N–H and O–H groups in total. The Hall–Kier alpha value is -0.940. The maximum absolute atomic E-state index is 10.5. The fourth-order valence-electron chi connectivity index (χ4n) is 0.854. The Morgan fingerprint density at radius 1 is 1.54 bits per heavy atom. The van der Waals surface area contributed by atoms with E-state index in [-0.39, 0.29) is 20.7 Å². The minimum Gasteiger partial charge on any atom is -0.298 e. The van der Waals surface area contributed by atoms with Crippen molar-refractivity contribution in [2.75, 3.05) is 0 Å². The number of nitro groups is 1. The van der Waals surface area contributed by atoms with Crippen molar-refractivity contribution in [2.24, 2.45) is 0 Å². The van der Waals surface area contributed by atoms with Gasteiger partial charge in [0.15, 0.2) is 6.29 Å². The predicted octanol–water partition coefficient (Wildman–Crippen LogP) is 2.82. The second kappa shape index (κ2) is 3.85. The summed E-state index contributed by atoms with van der Waals surface area (Å²) in [6.07, 6.45) is 0.366. The fourth-order valence-corrected chi connectivity index (χ4v) is 1.54. The van der Waals surface area contributed by atoms with Crippen LogP contribution in [-0.2, 0) is 0 Å². The van der Waals surface area contributed by atoms with Crippen LogP contribution >= 0.6 is 27.5 Å². The molecule has 68 valence electrons. The fraction of sp³-hybridized carbons (Fsp3) is 0. The molecule has 6 heteroatoms. The van der Waals surface area contributed by atoms with Crippen LogP contribution in [0.2, 0.25) is 5.02 Å². The summed E-state index contributed by atoms with van der Waals surface area (Å²) in [5.74, 6) is 0. The number of carbonyl (C=O) groups is 1. The van der Waals surface area contributed by atoms with E-state index in [1.165, 1.54) is 12.1 Å². The molecule has 0 unspecified atom stereocenters. The normalized spacial score (nSPS) is 9.69. The predicted molar refractivity (Wildman–Crippen MR) is 51.2 cm³/mol. The summed E-state index contributed by atoms with van der Waals surface area (Å²) in [5, 5.41) is 10.6. The van der Waals surface area contributed by atoms with Gasteiger partial charge in [0.1, 0.15) is 5.56 Å². The topological polar surface area (TPSA) is 60.2 Å². The lowest BCUT2D eigenvalue weighted by Crippen LogP contribution is -1.96. The van der Waals surface area contributed by atoms with Crippen LogP contribution in [0.4, 0.5) is 5.69 Å². The Balaban J connectivity index is 3.52.